The molecule has 1 unspecified atom stereocenters. The number of nitrogens with zero attached hydrogens (tertiary/aromatic N) is 3. The van der Waals surface area contributed by atoms with Crippen LogP contribution in [0, 0.1) is 0 Å². The van der Waals surface area contributed by atoms with Gasteiger partial charge in [-0.05, 0) is 11.5 Å². The third-order valence-corrected chi connectivity index (χ3v) is 6.21. The Morgan fingerprint density at radius 1 is 1.03 bits per heavy atom. The summed E-state index contributed by atoms with van der Waals surface area (Å²) in [4.78, 5) is 44.6. The monoisotopic (exact) mass is 524 g/mol. The summed E-state index contributed by atoms with van der Waals surface area (Å²) in [7, 11) is 0. The maximum absolute atomic E-state index is 11.6. The molecule has 0 aromatic carbocycles. The lowest BCUT2D eigenvalue weighted by Crippen LogP contribution is -2.40. The minimum absolute atomic E-state index is 0. The lowest BCUT2D eigenvalue weighted by Gasteiger charge is -2.11. The van der Waals surface area contributed by atoms with Gasteiger partial charge in [-0.3, -0.25) is 29.9 Å². The molecule has 188 valence electrons. The van der Waals surface area contributed by atoms with Crippen molar-refractivity contribution in [1.29, 1.82) is 0 Å². The Balaban J connectivity index is 0. The molecule has 0 radical (unpaired) electrons. The van der Waals surface area contributed by atoms with Gasteiger partial charge in [-0.15, -0.1) is 10.2 Å². The van der Waals surface area contributed by atoms with Crippen molar-refractivity contribution in [3.63, 3.8) is 0 Å². The zero-order valence-electron chi connectivity index (χ0n) is 18.8. The highest BCUT2D eigenvalue weighted by Gasteiger charge is 2.21. The van der Waals surface area contributed by atoms with E-state index in [1.165, 1.54) is 36.9 Å². The number of hydrazone groups is 1. The smallest absolute Gasteiger partial charge is 0.303 e. The molecule has 1 aliphatic rings. The van der Waals surface area contributed by atoms with Crippen molar-refractivity contribution in [1.82, 2.24) is 20.9 Å². The quantitative estimate of drug-likeness (QED) is 0.270. The van der Waals surface area contributed by atoms with E-state index < -0.39 is 23.8 Å². The highest BCUT2D eigenvalue weighted by molar-refractivity contribution is 8.14. The summed E-state index contributed by atoms with van der Waals surface area (Å²) in [6.45, 7) is 5.80. The lowest BCUT2D eigenvalue weighted by molar-refractivity contribution is -0.146. The minimum atomic E-state index is -0.526. The minimum Gasteiger partial charge on any atom is -0.456 e. The van der Waals surface area contributed by atoms with Crippen molar-refractivity contribution in [2.75, 3.05) is 30.0 Å². The second-order valence-corrected chi connectivity index (χ2v) is 9.39. The molecule has 0 saturated carbocycles. The molecule has 2 amide bonds. The normalized spacial score (nSPS) is 14.2. The molecular formula is C18H32N6O6S3. The standard InChI is InChI=1S/C16H22N6O6S3.C2H6.2H2/c1-9(23)27-7-11(25)17-15-21-19-13(30-15)3-5-29-6-4-14-20-22-16(31-14)18-12(26)8-28-10(2)24;1-2;;/h15,21H,3-8H2,1-2H3,(H,17,25)(H,18,22,26);1-2H3;2*1H. The molecule has 15 heteroatoms. The fourth-order valence-corrected chi connectivity index (χ4v) is 4.79. The van der Waals surface area contributed by atoms with Crippen molar-refractivity contribution >= 4 is 68.8 Å². The molecule has 1 aromatic rings. The number of amides is 2. The molecule has 1 aromatic heterocycles. The first-order valence-electron chi connectivity index (χ1n) is 10.1. The summed E-state index contributed by atoms with van der Waals surface area (Å²) >= 11 is 4.40. The van der Waals surface area contributed by atoms with Gasteiger partial charge in [0.15, 0.2) is 18.7 Å². The van der Waals surface area contributed by atoms with Crippen molar-refractivity contribution in [3.05, 3.63) is 5.01 Å². The van der Waals surface area contributed by atoms with Gasteiger partial charge in [-0.1, -0.05) is 36.9 Å². The molecule has 1 atom stereocenters. The number of carbonyl (C=O) groups is 4. The third-order valence-electron chi connectivity index (χ3n) is 3.30. The highest BCUT2D eigenvalue weighted by Crippen LogP contribution is 2.21. The Hall–Kier alpha value is -2.39. The van der Waals surface area contributed by atoms with Gasteiger partial charge in [0.05, 0.1) is 5.04 Å². The van der Waals surface area contributed by atoms with Crippen LogP contribution in [0.2, 0.25) is 0 Å². The SMILES string of the molecule is CC.CC(=O)OCC(=O)Nc1nnc(CCSCCC2=NNC(NC(=O)COC(C)=O)S2)s1.[HH].[HH]. The van der Waals surface area contributed by atoms with Gasteiger partial charge in [0.1, 0.15) is 5.01 Å². The summed E-state index contributed by atoms with van der Waals surface area (Å²) in [6, 6.07) is 0. The molecule has 0 spiro atoms. The Morgan fingerprint density at radius 3 is 2.33 bits per heavy atom. The van der Waals surface area contributed by atoms with E-state index in [0.29, 0.717) is 11.6 Å². The van der Waals surface area contributed by atoms with Gasteiger partial charge in [0, 0.05) is 29.5 Å². The van der Waals surface area contributed by atoms with Crippen molar-refractivity contribution < 1.29 is 31.5 Å². The van der Waals surface area contributed by atoms with Crippen molar-refractivity contribution in [2.24, 2.45) is 5.10 Å². The number of nitrogens with one attached hydrogen (secondary N) is 3. The number of carbonyl (C=O) groups excluding carboxylic acids is 4. The fraction of sp³-hybridized carbons (Fsp3) is 0.611. The van der Waals surface area contributed by atoms with E-state index in [-0.39, 0.29) is 21.6 Å². The highest BCUT2D eigenvalue weighted by atomic mass is 32.2. The number of aryl methyl sites for hydroxylation is 1. The van der Waals surface area contributed by atoms with E-state index in [0.717, 1.165) is 28.0 Å². The first-order valence-corrected chi connectivity index (χ1v) is 12.9. The number of esters is 2. The third kappa shape index (κ3) is 13.0. The van der Waals surface area contributed by atoms with E-state index in [9.17, 15) is 19.2 Å². The largest absolute Gasteiger partial charge is 0.456 e. The zero-order valence-corrected chi connectivity index (χ0v) is 21.3. The van der Waals surface area contributed by atoms with Crippen LogP contribution in [-0.4, -0.2) is 69.2 Å². The molecular weight excluding hydrogens is 492 g/mol. The molecule has 0 bridgehead atoms. The van der Waals surface area contributed by atoms with Crippen LogP contribution in [0.3, 0.4) is 0 Å². The number of anilines is 1. The average Bonchev–Trinajstić information content (AvgIpc) is 3.41. The van der Waals surface area contributed by atoms with Gasteiger partial charge in [0.25, 0.3) is 11.8 Å². The second kappa shape index (κ2) is 16.3. The van der Waals surface area contributed by atoms with Crippen LogP contribution >= 0.6 is 34.9 Å². The predicted molar refractivity (Wildman–Crippen MR) is 133 cm³/mol. The average molecular weight is 525 g/mol. The van der Waals surface area contributed by atoms with Crippen LogP contribution in [0.5, 0.6) is 0 Å². The van der Waals surface area contributed by atoms with Crippen LogP contribution in [0.15, 0.2) is 5.10 Å². The summed E-state index contributed by atoms with van der Waals surface area (Å²) in [6.07, 6.45) is 1.45. The van der Waals surface area contributed by atoms with E-state index >= 15 is 0 Å². The number of aromatic nitrogens is 2. The van der Waals surface area contributed by atoms with Crippen LogP contribution in [-0.2, 0) is 35.1 Å². The van der Waals surface area contributed by atoms with E-state index in [1.54, 1.807) is 11.8 Å². The lowest BCUT2D eigenvalue weighted by atomic mass is 10.5. The molecule has 1 aliphatic heterocycles. The summed E-state index contributed by atoms with van der Waals surface area (Å²) in [5, 5.41) is 19.3. The van der Waals surface area contributed by atoms with Gasteiger partial charge in [-0.25, -0.2) is 0 Å². The van der Waals surface area contributed by atoms with Gasteiger partial charge >= 0.3 is 11.9 Å². The second-order valence-electron chi connectivity index (χ2n) is 5.92. The van der Waals surface area contributed by atoms with Crippen LogP contribution < -0.4 is 16.1 Å². The van der Waals surface area contributed by atoms with E-state index in [1.807, 2.05) is 13.8 Å². The predicted octanol–water partition coefficient (Wildman–Crippen LogP) is 1.84. The Kier molecular flexibility index (Phi) is 14.1. The first kappa shape index (κ1) is 28.6. The number of rotatable bonds is 12. The molecule has 33 heavy (non-hydrogen) atoms. The molecule has 3 N–H and O–H groups in total. The molecule has 2 heterocycles. The van der Waals surface area contributed by atoms with E-state index in [2.05, 4.69) is 40.8 Å². The van der Waals surface area contributed by atoms with Crippen LogP contribution in [0.4, 0.5) is 5.13 Å². The number of ether oxygens (including phenoxy) is 2. The van der Waals surface area contributed by atoms with Crippen LogP contribution in [0.25, 0.3) is 0 Å². The maximum atomic E-state index is 11.6. The zero-order chi connectivity index (χ0) is 24.6. The Morgan fingerprint density at radius 2 is 1.67 bits per heavy atom. The first-order chi connectivity index (χ1) is 15.8. The summed E-state index contributed by atoms with van der Waals surface area (Å²) < 4.78 is 9.24. The summed E-state index contributed by atoms with van der Waals surface area (Å²) in [5.74, 6) is -0.231. The molecule has 0 saturated heterocycles. The van der Waals surface area contributed by atoms with Gasteiger partial charge in [0.2, 0.25) is 5.13 Å². The van der Waals surface area contributed by atoms with Gasteiger partial charge in [-0.2, -0.15) is 16.9 Å². The fourth-order valence-electron chi connectivity index (χ4n) is 2.00. The Labute approximate surface area is 207 Å². The molecule has 12 nitrogen and oxygen atoms in total. The van der Waals surface area contributed by atoms with E-state index in [4.69, 9.17) is 0 Å². The molecule has 0 aliphatic carbocycles. The number of thioether (sulfide) groups is 2. The number of hydrogen-bond donors (Lipinski definition) is 3. The maximum Gasteiger partial charge on any atom is 0.303 e. The topological polar surface area (TPSA) is 161 Å². The number of hydrogen-bond acceptors (Lipinski definition) is 13. The molecule has 0 fully saturated rings. The Bertz CT molecular complexity index is 845. The summed E-state index contributed by atoms with van der Waals surface area (Å²) in [5.41, 5.74) is 2.44. The van der Waals surface area contributed by atoms with Crippen LogP contribution in [0.1, 0.15) is 42.0 Å². The molecule has 2 rings (SSSR count). The van der Waals surface area contributed by atoms with Gasteiger partial charge < -0.3 is 14.8 Å². The van der Waals surface area contributed by atoms with Crippen molar-refractivity contribution in [3.8, 4) is 0 Å². The van der Waals surface area contributed by atoms with Crippen molar-refractivity contribution in [2.45, 2.75) is 46.0 Å².